The SMILES string of the molecule is COc1nc(Cl)nc(NC(C)CC(F)(F)F)n1. The van der Waals surface area contributed by atoms with Crippen molar-refractivity contribution in [3.63, 3.8) is 0 Å². The van der Waals surface area contributed by atoms with E-state index >= 15 is 0 Å². The number of hydrogen-bond donors (Lipinski definition) is 1. The molecule has 0 spiro atoms. The molecule has 96 valence electrons. The molecule has 1 atom stereocenters. The second-order valence-corrected chi connectivity index (χ2v) is 3.62. The Balaban J connectivity index is 2.71. The van der Waals surface area contributed by atoms with Crippen molar-refractivity contribution in [2.24, 2.45) is 0 Å². The Morgan fingerprint density at radius 3 is 2.53 bits per heavy atom. The van der Waals surface area contributed by atoms with E-state index in [1.807, 2.05) is 0 Å². The van der Waals surface area contributed by atoms with E-state index in [2.05, 4.69) is 20.3 Å². The molecule has 1 heterocycles. The van der Waals surface area contributed by atoms with E-state index in [0.717, 1.165) is 0 Å². The van der Waals surface area contributed by atoms with E-state index < -0.39 is 18.6 Å². The molecule has 17 heavy (non-hydrogen) atoms. The lowest BCUT2D eigenvalue weighted by atomic mass is 10.2. The van der Waals surface area contributed by atoms with E-state index in [4.69, 9.17) is 16.3 Å². The summed E-state index contributed by atoms with van der Waals surface area (Å²) in [6.45, 7) is 1.36. The molecule has 1 unspecified atom stereocenters. The third-order valence-electron chi connectivity index (χ3n) is 1.68. The zero-order valence-corrected chi connectivity index (χ0v) is 9.80. The van der Waals surface area contributed by atoms with Crippen molar-refractivity contribution < 1.29 is 17.9 Å². The highest BCUT2D eigenvalue weighted by Gasteiger charge is 2.30. The Hall–Kier alpha value is -1.31. The fraction of sp³-hybridized carbons (Fsp3) is 0.625. The van der Waals surface area contributed by atoms with Gasteiger partial charge in [-0.1, -0.05) is 0 Å². The minimum absolute atomic E-state index is 0.0569. The lowest BCUT2D eigenvalue weighted by Gasteiger charge is -2.15. The summed E-state index contributed by atoms with van der Waals surface area (Å²) in [4.78, 5) is 10.9. The van der Waals surface area contributed by atoms with Gasteiger partial charge in [0.05, 0.1) is 13.5 Å². The van der Waals surface area contributed by atoms with Gasteiger partial charge in [0.25, 0.3) is 0 Å². The molecule has 0 fully saturated rings. The van der Waals surface area contributed by atoms with Crippen LogP contribution in [0.2, 0.25) is 5.28 Å². The average Bonchev–Trinajstić information content (AvgIpc) is 2.13. The van der Waals surface area contributed by atoms with Crippen molar-refractivity contribution in [1.82, 2.24) is 15.0 Å². The number of halogens is 4. The summed E-state index contributed by atoms with van der Waals surface area (Å²) in [6.07, 6.45) is -5.26. The summed E-state index contributed by atoms with van der Waals surface area (Å²) in [5, 5.41) is 2.31. The van der Waals surface area contributed by atoms with Crippen molar-refractivity contribution in [2.45, 2.75) is 25.6 Å². The molecular formula is C8H10ClF3N4O. The van der Waals surface area contributed by atoms with Crippen LogP contribution in [0.3, 0.4) is 0 Å². The Bertz CT molecular complexity index is 388. The number of aromatic nitrogens is 3. The number of anilines is 1. The van der Waals surface area contributed by atoms with Crippen molar-refractivity contribution in [1.29, 1.82) is 0 Å². The summed E-state index contributed by atoms with van der Waals surface area (Å²) in [5.74, 6) is -0.0569. The van der Waals surface area contributed by atoms with Crippen LogP contribution in [0.5, 0.6) is 6.01 Å². The molecule has 0 saturated carbocycles. The van der Waals surface area contributed by atoms with Gasteiger partial charge in [-0.25, -0.2) is 0 Å². The molecule has 0 saturated heterocycles. The smallest absolute Gasteiger partial charge is 0.391 e. The number of nitrogens with one attached hydrogen (secondary N) is 1. The Morgan fingerprint density at radius 2 is 2.00 bits per heavy atom. The molecule has 0 aromatic carbocycles. The third kappa shape index (κ3) is 5.03. The zero-order chi connectivity index (χ0) is 13.1. The van der Waals surface area contributed by atoms with Crippen molar-refractivity contribution in [3.05, 3.63) is 5.28 Å². The van der Waals surface area contributed by atoms with Crippen LogP contribution in [0.15, 0.2) is 0 Å². The van der Waals surface area contributed by atoms with Gasteiger partial charge in [0.15, 0.2) is 0 Å². The Labute approximate surface area is 100 Å². The standard InChI is InChI=1S/C8H10ClF3N4O/c1-4(3-8(10,11)12)13-6-14-5(9)15-7(16-6)17-2/h4H,3H2,1-2H3,(H,13,14,15,16). The van der Waals surface area contributed by atoms with Gasteiger partial charge < -0.3 is 10.1 Å². The first-order valence-electron chi connectivity index (χ1n) is 4.59. The monoisotopic (exact) mass is 270 g/mol. The minimum atomic E-state index is -4.26. The fourth-order valence-corrected chi connectivity index (χ4v) is 1.26. The van der Waals surface area contributed by atoms with Crippen LogP contribution >= 0.6 is 11.6 Å². The second-order valence-electron chi connectivity index (χ2n) is 3.28. The number of hydrogen-bond acceptors (Lipinski definition) is 5. The highest BCUT2D eigenvalue weighted by molar-refractivity contribution is 6.28. The lowest BCUT2D eigenvalue weighted by Crippen LogP contribution is -2.25. The fourth-order valence-electron chi connectivity index (χ4n) is 1.11. The van der Waals surface area contributed by atoms with Crippen LogP contribution in [-0.4, -0.2) is 34.3 Å². The molecule has 5 nitrogen and oxygen atoms in total. The van der Waals surface area contributed by atoms with E-state index in [9.17, 15) is 13.2 Å². The molecule has 9 heteroatoms. The molecule has 1 rings (SSSR count). The number of alkyl halides is 3. The zero-order valence-electron chi connectivity index (χ0n) is 9.05. The highest BCUT2D eigenvalue weighted by Crippen LogP contribution is 2.23. The molecule has 0 aliphatic carbocycles. The normalized spacial score (nSPS) is 13.3. The van der Waals surface area contributed by atoms with Gasteiger partial charge >= 0.3 is 12.2 Å². The molecule has 0 radical (unpaired) electrons. The third-order valence-corrected chi connectivity index (χ3v) is 1.85. The van der Waals surface area contributed by atoms with Gasteiger partial charge in [-0.15, -0.1) is 0 Å². The number of rotatable bonds is 4. The maximum atomic E-state index is 12.1. The van der Waals surface area contributed by atoms with Crippen molar-refractivity contribution in [2.75, 3.05) is 12.4 Å². The molecular weight excluding hydrogens is 261 g/mol. The van der Waals surface area contributed by atoms with E-state index in [1.54, 1.807) is 0 Å². The van der Waals surface area contributed by atoms with E-state index in [0.29, 0.717) is 0 Å². The second kappa shape index (κ2) is 5.35. The maximum absolute atomic E-state index is 12.1. The van der Waals surface area contributed by atoms with Crippen LogP contribution in [-0.2, 0) is 0 Å². The van der Waals surface area contributed by atoms with Gasteiger partial charge in [-0.2, -0.15) is 28.1 Å². The van der Waals surface area contributed by atoms with Gasteiger partial charge in [0, 0.05) is 6.04 Å². The average molecular weight is 271 g/mol. The maximum Gasteiger partial charge on any atom is 0.391 e. The summed E-state index contributed by atoms with van der Waals surface area (Å²) >= 11 is 5.54. The van der Waals surface area contributed by atoms with E-state index in [1.165, 1.54) is 14.0 Å². The predicted molar refractivity (Wildman–Crippen MR) is 55.1 cm³/mol. The Morgan fingerprint density at radius 1 is 1.35 bits per heavy atom. The van der Waals surface area contributed by atoms with Gasteiger partial charge in [0.2, 0.25) is 11.2 Å². The summed E-state index contributed by atoms with van der Waals surface area (Å²) in [7, 11) is 1.31. The Kier molecular flexibility index (Phi) is 4.33. The van der Waals surface area contributed by atoms with Crippen LogP contribution in [0.4, 0.5) is 19.1 Å². The van der Waals surface area contributed by atoms with Gasteiger partial charge in [-0.05, 0) is 18.5 Å². The number of ether oxygens (including phenoxy) is 1. The van der Waals surface area contributed by atoms with Gasteiger partial charge in [-0.3, -0.25) is 0 Å². The quantitative estimate of drug-likeness (QED) is 0.909. The summed E-state index contributed by atoms with van der Waals surface area (Å²) in [6, 6.07) is -0.940. The van der Waals surface area contributed by atoms with Crippen LogP contribution in [0, 0.1) is 0 Å². The lowest BCUT2D eigenvalue weighted by molar-refractivity contribution is -0.136. The molecule has 1 aromatic rings. The van der Waals surface area contributed by atoms with Crippen LogP contribution in [0.25, 0.3) is 0 Å². The predicted octanol–water partition coefficient (Wildman–Crippen LogP) is 2.29. The molecule has 0 bridgehead atoms. The molecule has 0 amide bonds. The first-order valence-corrected chi connectivity index (χ1v) is 4.97. The first-order chi connectivity index (χ1) is 7.80. The number of nitrogens with zero attached hydrogens (tertiary/aromatic N) is 3. The van der Waals surface area contributed by atoms with Crippen LogP contribution in [0.1, 0.15) is 13.3 Å². The topological polar surface area (TPSA) is 59.9 Å². The largest absolute Gasteiger partial charge is 0.467 e. The van der Waals surface area contributed by atoms with E-state index in [-0.39, 0.29) is 17.2 Å². The molecule has 1 aromatic heterocycles. The highest BCUT2D eigenvalue weighted by atomic mass is 35.5. The van der Waals surface area contributed by atoms with Gasteiger partial charge in [0.1, 0.15) is 0 Å². The first kappa shape index (κ1) is 13.8. The van der Waals surface area contributed by atoms with Crippen LogP contribution < -0.4 is 10.1 Å². The van der Waals surface area contributed by atoms with Crippen molar-refractivity contribution >= 4 is 17.5 Å². The minimum Gasteiger partial charge on any atom is -0.467 e. The molecule has 1 N–H and O–H groups in total. The summed E-state index contributed by atoms with van der Waals surface area (Å²) < 4.78 is 41.0. The number of methoxy groups -OCH3 is 1. The summed E-state index contributed by atoms with van der Waals surface area (Å²) in [5.41, 5.74) is 0. The molecule has 0 aliphatic rings. The molecule has 0 aliphatic heterocycles. The van der Waals surface area contributed by atoms with Crippen molar-refractivity contribution in [3.8, 4) is 6.01 Å².